The second-order valence-electron chi connectivity index (χ2n) is 4.01. The van der Waals surface area contributed by atoms with Crippen molar-refractivity contribution in [1.29, 1.82) is 0 Å². The second kappa shape index (κ2) is 6.14. The molecule has 1 unspecified atom stereocenters. The van der Waals surface area contributed by atoms with Gasteiger partial charge in [0.25, 0.3) is 5.91 Å². The highest BCUT2D eigenvalue weighted by Crippen LogP contribution is 2.15. The third-order valence-electron chi connectivity index (χ3n) is 1.98. The van der Waals surface area contributed by atoms with E-state index in [2.05, 4.69) is 15.5 Å². The van der Waals surface area contributed by atoms with Crippen molar-refractivity contribution in [1.82, 2.24) is 20.4 Å². The van der Waals surface area contributed by atoms with E-state index in [0.717, 1.165) is 6.54 Å². The lowest BCUT2D eigenvalue weighted by molar-refractivity contribution is 0.0934. The molecule has 0 radical (unpaired) electrons. The number of carbonyl (C=O) groups is 1. The number of hydrogen-bond donors (Lipinski definition) is 1. The Hall–Kier alpha value is -0.910. The van der Waals surface area contributed by atoms with Gasteiger partial charge in [0.15, 0.2) is 10.3 Å². The van der Waals surface area contributed by atoms with Gasteiger partial charge in [-0.25, -0.2) is 0 Å². The topological polar surface area (TPSA) is 58.1 Å². The molecule has 1 aromatic rings. The van der Waals surface area contributed by atoms with E-state index in [1.54, 1.807) is 0 Å². The SMILES string of the molecule is CC(CN(C)C)NC(=O)c1cc(Cl)nnc1Cl. The minimum absolute atomic E-state index is 0.000470. The van der Waals surface area contributed by atoms with Gasteiger partial charge in [-0.1, -0.05) is 23.2 Å². The number of nitrogens with zero attached hydrogens (tertiary/aromatic N) is 3. The van der Waals surface area contributed by atoms with Gasteiger partial charge in [0.2, 0.25) is 0 Å². The summed E-state index contributed by atoms with van der Waals surface area (Å²) in [5.74, 6) is -0.304. The fourth-order valence-corrected chi connectivity index (χ4v) is 1.73. The lowest BCUT2D eigenvalue weighted by Gasteiger charge is -2.18. The minimum atomic E-state index is -0.304. The van der Waals surface area contributed by atoms with Crippen LogP contribution in [0.25, 0.3) is 0 Å². The first-order chi connectivity index (χ1) is 7.90. The average molecular weight is 277 g/mol. The number of halogens is 2. The maximum Gasteiger partial charge on any atom is 0.254 e. The summed E-state index contributed by atoms with van der Waals surface area (Å²) in [4.78, 5) is 13.8. The molecule has 0 aliphatic carbocycles. The smallest absolute Gasteiger partial charge is 0.254 e. The number of hydrogen-bond acceptors (Lipinski definition) is 4. The zero-order chi connectivity index (χ0) is 13.0. The summed E-state index contributed by atoms with van der Waals surface area (Å²) in [6.45, 7) is 2.64. The summed E-state index contributed by atoms with van der Waals surface area (Å²) in [6.07, 6.45) is 0. The molecule has 5 nitrogen and oxygen atoms in total. The lowest BCUT2D eigenvalue weighted by Crippen LogP contribution is -2.39. The van der Waals surface area contributed by atoms with Crippen LogP contribution in [0.1, 0.15) is 17.3 Å². The van der Waals surface area contributed by atoms with Crippen molar-refractivity contribution in [2.24, 2.45) is 0 Å². The summed E-state index contributed by atoms with van der Waals surface area (Å²) in [7, 11) is 3.86. The number of amides is 1. The standard InChI is InChI=1S/C10H14Cl2N4O/c1-6(5-16(2)3)13-10(17)7-4-8(11)14-15-9(7)12/h4,6H,5H2,1-3H3,(H,13,17). The molecule has 1 N–H and O–H groups in total. The van der Waals surface area contributed by atoms with Crippen molar-refractivity contribution in [3.8, 4) is 0 Å². The first-order valence-electron chi connectivity index (χ1n) is 5.04. The van der Waals surface area contributed by atoms with E-state index < -0.39 is 0 Å². The Labute approximate surface area is 110 Å². The maximum atomic E-state index is 11.9. The highest BCUT2D eigenvalue weighted by molar-refractivity contribution is 6.34. The van der Waals surface area contributed by atoms with Crippen molar-refractivity contribution in [3.63, 3.8) is 0 Å². The Kier molecular flexibility index (Phi) is 5.11. The molecule has 1 heterocycles. The molecule has 7 heteroatoms. The molecule has 0 saturated carbocycles. The maximum absolute atomic E-state index is 11.9. The molecule has 1 aromatic heterocycles. The van der Waals surface area contributed by atoms with E-state index >= 15 is 0 Å². The number of likely N-dealkylation sites (N-methyl/N-ethyl adjacent to an activating group) is 1. The Morgan fingerprint density at radius 2 is 2.12 bits per heavy atom. The molecular formula is C10H14Cl2N4O. The number of rotatable bonds is 4. The van der Waals surface area contributed by atoms with Crippen LogP contribution in [0.3, 0.4) is 0 Å². The van der Waals surface area contributed by atoms with Gasteiger partial charge in [0.05, 0.1) is 5.56 Å². The molecule has 0 saturated heterocycles. The Morgan fingerprint density at radius 1 is 1.47 bits per heavy atom. The van der Waals surface area contributed by atoms with E-state index in [4.69, 9.17) is 23.2 Å². The van der Waals surface area contributed by atoms with Crippen molar-refractivity contribution < 1.29 is 4.79 Å². The summed E-state index contributed by atoms with van der Waals surface area (Å²) in [6, 6.07) is 1.40. The van der Waals surface area contributed by atoms with Crippen LogP contribution in [-0.2, 0) is 0 Å². The van der Waals surface area contributed by atoms with Gasteiger partial charge in [0, 0.05) is 12.6 Å². The summed E-state index contributed by atoms with van der Waals surface area (Å²) < 4.78 is 0. The van der Waals surface area contributed by atoms with Gasteiger partial charge in [0.1, 0.15) is 0 Å². The van der Waals surface area contributed by atoms with Gasteiger partial charge in [-0.05, 0) is 27.1 Å². The molecule has 0 aliphatic rings. The largest absolute Gasteiger partial charge is 0.348 e. The van der Waals surface area contributed by atoms with Crippen LogP contribution in [0.5, 0.6) is 0 Å². The fraction of sp³-hybridized carbons (Fsp3) is 0.500. The quantitative estimate of drug-likeness (QED) is 0.905. The fourth-order valence-electron chi connectivity index (χ4n) is 1.41. The number of aromatic nitrogens is 2. The average Bonchev–Trinajstić information content (AvgIpc) is 2.20. The third kappa shape index (κ3) is 4.46. The van der Waals surface area contributed by atoms with Crippen molar-refractivity contribution in [2.75, 3.05) is 20.6 Å². The van der Waals surface area contributed by atoms with Crippen LogP contribution in [0.4, 0.5) is 0 Å². The van der Waals surface area contributed by atoms with Crippen LogP contribution >= 0.6 is 23.2 Å². The second-order valence-corrected chi connectivity index (χ2v) is 4.75. The van der Waals surface area contributed by atoms with Gasteiger partial charge in [-0.2, -0.15) is 0 Å². The van der Waals surface area contributed by atoms with Crippen molar-refractivity contribution in [3.05, 3.63) is 21.9 Å². The van der Waals surface area contributed by atoms with Gasteiger partial charge in [-0.3, -0.25) is 4.79 Å². The van der Waals surface area contributed by atoms with Crippen molar-refractivity contribution in [2.45, 2.75) is 13.0 Å². The molecule has 94 valence electrons. The van der Waals surface area contributed by atoms with Crippen LogP contribution in [0.2, 0.25) is 10.3 Å². The van der Waals surface area contributed by atoms with Gasteiger partial charge >= 0.3 is 0 Å². The third-order valence-corrected chi connectivity index (χ3v) is 2.44. The molecule has 1 atom stereocenters. The molecule has 0 aromatic carbocycles. The van der Waals surface area contributed by atoms with Crippen molar-refractivity contribution >= 4 is 29.1 Å². The monoisotopic (exact) mass is 276 g/mol. The summed E-state index contributed by atoms with van der Waals surface area (Å²) >= 11 is 11.4. The lowest BCUT2D eigenvalue weighted by atomic mass is 10.2. The summed E-state index contributed by atoms with van der Waals surface area (Å²) in [5.41, 5.74) is 0.234. The first-order valence-corrected chi connectivity index (χ1v) is 5.80. The molecule has 0 spiro atoms. The van der Waals surface area contributed by atoms with Gasteiger partial charge in [-0.15, -0.1) is 10.2 Å². The summed E-state index contributed by atoms with van der Waals surface area (Å²) in [5, 5.41) is 10.1. The predicted octanol–water partition coefficient (Wildman–Crippen LogP) is 1.46. The van der Waals surface area contributed by atoms with Gasteiger partial charge < -0.3 is 10.2 Å². The Bertz CT molecular complexity index is 411. The highest BCUT2D eigenvalue weighted by atomic mass is 35.5. The normalized spacial score (nSPS) is 12.6. The van der Waals surface area contributed by atoms with Crippen LogP contribution in [0, 0.1) is 0 Å². The molecule has 0 aliphatic heterocycles. The zero-order valence-electron chi connectivity index (χ0n) is 9.87. The highest BCUT2D eigenvalue weighted by Gasteiger charge is 2.15. The number of carbonyl (C=O) groups excluding carboxylic acids is 1. The first kappa shape index (κ1) is 14.2. The minimum Gasteiger partial charge on any atom is -0.348 e. The molecule has 1 amide bonds. The molecular weight excluding hydrogens is 263 g/mol. The molecule has 1 rings (SSSR count). The van der Waals surface area contributed by atoms with E-state index in [0.29, 0.717) is 0 Å². The van der Waals surface area contributed by atoms with E-state index in [-0.39, 0.29) is 27.8 Å². The van der Waals surface area contributed by atoms with E-state index in [1.165, 1.54) is 6.07 Å². The molecule has 0 fully saturated rings. The van der Waals surface area contributed by atoms with E-state index in [9.17, 15) is 4.79 Å². The predicted molar refractivity (Wildman–Crippen MR) is 67.5 cm³/mol. The zero-order valence-corrected chi connectivity index (χ0v) is 11.4. The molecule has 0 bridgehead atoms. The number of nitrogens with one attached hydrogen (secondary N) is 1. The Balaban J connectivity index is 2.73. The van der Waals surface area contributed by atoms with Crippen LogP contribution in [0.15, 0.2) is 6.07 Å². The van der Waals surface area contributed by atoms with Crippen LogP contribution in [-0.4, -0.2) is 47.7 Å². The van der Waals surface area contributed by atoms with E-state index in [1.807, 2.05) is 25.9 Å². The Morgan fingerprint density at radius 3 is 2.71 bits per heavy atom. The van der Waals surface area contributed by atoms with Crippen LogP contribution < -0.4 is 5.32 Å². The molecule has 17 heavy (non-hydrogen) atoms.